The van der Waals surface area contributed by atoms with Gasteiger partial charge in [0.25, 0.3) is 0 Å². The molecule has 2 amide bonds. The van der Waals surface area contributed by atoms with Gasteiger partial charge in [0.05, 0.1) is 6.54 Å². The minimum atomic E-state index is -0.158. The van der Waals surface area contributed by atoms with Crippen molar-refractivity contribution in [3.63, 3.8) is 0 Å². The lowest BCUT2D eigenvalue weighted by Crippen LogP contribution is -2.34. The maximum absolute atomic E-state index is 11.8. The summed E-state index contributed by atoms with van der Waals surface area (Å²) in [5, 5.41) is 8.56. The molecule has 1 aromatic rings. The lowest BCUT2D eigenvalue weighted by atomic mass is 10.1. The van der Waals surface area contributed by atoms with Gasteiger partial charge >= 0.3 is 6.03 Å². The highest BCUT2D eigenvalue weighted by Crippen LogP contribution is 2.22. The second-order valence-electron chi connectivity index (χ2n) is 4.69. The molecule has 4 heteroatoms. The topological polar surface area (TPSA) is 44.7 Å². The summed E-state index contributed by atoms with van der Waals surface area (Å²) < 4.78 is 0. The number of hydrogen-bond acceptors (Lipinski definition) is 2. The highest BCUT2D eigenvalue weighted by molar-refractivity contribution is 5.92. The van der Waals surface area contributed by atoms with Crippen molar-refractivity contribution in [2.24, 2.45) is 11.0 Å². The zero-order chi connectivity index (χ0) is 13.0. The van der Waals surface area contributed by atoms with Crippen LogP contribution in [-0.2, 0) is 6.54 Å². The van der Waals surface area contributed by atoms with Gasteiger partial charge in [0.15, 0.2) is 0 Å². The molecule has 1 unspecified atom stereocenters. The fraction of sp³-hybridized carbons (Fsp3) is 0.429. The summed E-state index contributed by atoms with van der Waals surface area (Å²) in [6, 6.07) is 7.65. The van der Waals surface area contributed by atoms with E-state index in [0.717, 1.165) is 24.1 Å². The van der Waals surface area contributed by atoms with Gasteiger partial charge in [-0.1, -0.05) is 38.5 Å². The lowest BCUT2D eigenvalue weighted by Gasteiger charge is -2.25. The monoisotopic (exact) mass is 245 g/mol. The van der Waals surface area contributed by atoms with E-state index in [2.05, 4.69) is 24.3 Å². The van der Waals surface area contributed by atoms with Crippen LogP contribution in [0.5, 0.6) is 0 Å². The first-order valence-electron chi connectivity index (χ1n) is 6.39. The Labute approximate surface area is 108 Å². The van der Waals surface area contributed by atoms with Gasteiger partial charge in [-0.15, -0.1) is 0 Å². The number of carbonyl (C=O) groups excluding carboxylic acids is 1. The number of rotatable bonds is 4. The normalized spacial score (nSPS) is 16.6. The molecule has 1 aromatic carbocycles. The molecule has 18 heavy (non-hydrogen) atoms. The summed E-state index contributed by atoms with van der Waals surface area (Å²) in [4.78, 5) is 11.8. The van der Waals surface area contributed by atoms with Crippen molar-refractivity contribution in [3.8, 4) is 0 Å². The van der Waals surface area contributed by atoms with Crippen LogP contribution in [0, 0.1) is 5.92 Å². The molecule has 4 nitrogen and oxygen atoms in total. The van der Waals surface area contributed by atoms with E-state index in [1.165, 1.54) is 5.01 Å². The molecule has 1 heterocycles. The van der Waals surface area contributed by atoms with E-state index < -0.39 is 0 Å². The first-order valence-corrected chi connectivity index (χ1v) is 6.39. The summed E-state index contributed by atoms with van der Waals surface area (Å²) in [6.07, 6.45) is 3.87. The lowest BCUT2D eigenvalue weighted by molar-refractivity contribution is 0.209. The Kier molecular flexibility index (Phi) is 3.97. The van der Waals surface area contributed by atoms with Crippen LogP contribution in [0.15, 0.2) is 29.4 Å². The fourth-order valence-electron chi connectivity index (χ4n) is 1.78. The molecule has 1 aliphatic heterocycles. The molecule has 1 atom stereocenters. The number of benzene rings is 1. The molecule has 2 rings (SSSR count). The Morgan fingerprint density at radius 1 is 1.50 bits per heavy atom. The van der Waals surface area contributed by atoms with Crippen LogP contribution in [0.2, 0.25) is 0 Å². The predicted molar refractivity (Wildman–Crippen MR) is 73.6 cm³/mol. The van der Waals surface area contributed by atoms with Crippen molar-refractivity contribution in [1.82, 2.24) is 5.01 Å². The first kappa shape index (κ1) is 12.6. The summed E-state index contributed by atoms with van der Waals surface area (Å²) in [5.74, 6) is 0.605. The second kappa shape index (κ2) is 5.67. The highest BCUT2D eigenvalue weighted by atomic mass is 16.2. The third-order valence-electron chi connectivity index (χ3n) is 3.24. The van der Waals surface area contributed by atoms with Gasteiger partial charge in [-0.05, 0) is 24.0 Å². The van der Waals surface area contributed by atoms with Gasteiger partial charge in [-0.2, -0.15) is 5.10 Å². The average Bonchev–Trinajstić information content (AvgIpc) is 2.39. The zero-order valence-electron chi connectivity index (χ0n) is 10.9. The molecule has 96 valence electrons. The number of carbonyl (C=O) groups is 1. The maximum Gasteiger partial charge on any atom is 0.342 e. The van der Waals surface area contributed by atoms with E-state index in [1.807, 2.05) is 30.5 Å². The number of fused-ring (bicyclic) bond motifs is 1. The number of anilines is 1. The number of para-hydroxylation sites is 1. The van der Waals surface area contributed by atoms with Crippen LogP contribution in [0.4, 0.5) is 10.5 Å². The molecular weight excluding hydrogens is 226 g/mol. The minimum Gasteiger partial charge on any atom is -0.306 e. The van der Waals surface area contributed by atoms with E-state index in [-0.39, 0.29) is 6.03 Å². The number of urea groups is 1. The average molecular weight is 245 g/mol. The first-order chi connectivity index (χ1) is 8.70. The molecule has 0 spiro atoms. The van der Waals surface area contributed by atoms with Crippen molar-refractivity contribution in [2.75, 3.05) is 5.32 Å². The third-order valence-corrected chi connectivity index (χ3v) is 3.24. The van der Waals surface area contributed by atoms with Crippen molar-refractivity contribution in [2.45, 2.75) is 33.2 Å². The van der Waals surface area contributed by atoms with E-state index in [9.17, 15) is 4.79 Å². The van der Waals surface area contributed by atoms with Crippen LogP contribution < -0.4 is 5.32 Å². The molecule has 0 bridgehead atoms. The van der Waals surface area contributed by atoms with Crippen LogP contribution in [0.25, 0.3) is 0 Å². The Balaban J connectivity index is 2.01. The quantitative estimate of drug-likeness (QED) is 0.811. The summed E-state index contributed by atoms with van der Waals surface area (Å²) in [7, 11) is 0. The Bertz CT molecular complexity index is 456. The van der Waals surface area contributed by atoms with Gasteiger partial charge in [0.1, 0.15) is 0 Å². The second-order valence-corrected chi connectivity index (χ2v) is 4.69. The fourth-order valence-corrected chi connectivity index (χ4v) is 1.78. The van der Waals surface area contributed by atoms with Gasteiger partial charge in [-0.3, -0.25) is 0 Å². The van der Waals surface area contributed by atoms with Crippen molar-refractivity contribution >= 4 is 17.9 Å². The van der Waals surface area contributed by atoms with Gasteiger partial charge in [0, 0.05) is 11.9 Å². The predicted octanol–water partition coefficient (Wildman–Crippen LogP) is 3.46. The minimum absolute atomic E-state index is 0.158. The summed E-state index contributed by atoms with van der Waals surface area (Å²) in [5.41, 5.74) is 1.98. The molecule has 0 saturated carbocycles. The zero-order valence-corrected chi connectivity index (χ0v) is 10.9. The number of amides is 2. The van der Waals surface area contributed by atoms with Crippen LogP contribution in [0.1, 0.15) is 32.3 Å². The Morgan fingerprint density at radius 2 is 2.28 bits per heavy atom. The number of nitrogens with one attached hydrogen (secondary N) is 1. The highest BCUT2D eigenvalue weighted by Gasteiger charge is 2.21. The molecule has 0 aliphatic carbocycles. The summed E-state index contributed by atoms with van der Waals surface area (Å²) in [6.45, 7) is 4.87. The van der Waals surface area contributed by atoms with Gasteiger partial charge in [0.2, 0.25) is 0 Å². The standard InChI is InChI=1S/C14H19N3O/c1-3-11(2)8-9-15-17-10-12-6-4-5-7-13(12)16-14(17)18/h4-7,9,11H,3,8,10H2,1-2H3,(H,16,18). The molecule has 0 radical (unpaired) electrons. The number of hydrazone groups is 1. The van der Waals surface area contributed by atoms with Crippen molar-refractivity contribution < 1.29 is 4.79 Å². The van der Waals surface area contributed by atoms with E-state index in [1.54, 1.807) is 0 Å². The van der Waals surface area contributed by atoms with Crippen molar-refractivity contribution in [1.29, 1.82) is 0 Å². The Hall–Kier alpha value is -1.84. The van der Waals surface area contributed by atoms with Gasteiger partial charge in [-0.25, -0.2) is 9.80 Å². The van der Waals surface area contributed by atoms with E-state index in [0.29, 0.717) is 12.5 Å². The van der Waals surface area contributed by atoms with Crippen LogP contribution in [0.3, 0.4) is 0 Å². The largest absolute Gasteiger partial charge is 0.342 e. The SMILES string of the molecule is CCC(C)CC=NN1Cc2ccccc2NC1=O. The summed E-state index contributed by atoms with van der Waals surface area (Å²) >= 11 is 0. The van der Waals surface area contributed by atoms with Gasteiger partial charge < -0.3 is 5.32 Å². The third kappa shape index (κ3) is 2.88. The molecule has 0 aromatic heterocycles. The van der Waals surface area contributed by atoms with Crippen molar-refractivity contribution in [3.05, 3.63) is 29.8 Å². The van der Waals surface area contributed by atoms with E-state index >= 15 is 0 Å². The molecule has 0 saturated heterocycles. The Morgan fingerprint density at radius 3 is 3.06 bits per heavy atom. The number of hydrogen-bond donors (Lipinski definition) is 1. The number of nitrogens with zero attached hydrogens (tertiary/aromatic N) is 2. The van der Waals surface area contributed by atoms with Crippen LogP contribution in [-0.4, -0.2) is 17.3 Å². The molecule has 1 aliphatic rings. The maximum atomic E-state index is 11.8. The molecule has 0 fully saturated rings. The molecule has 1 N–H and O–H groups in total. The smallest absolute Gasteiger partial charge is 0.306 e. The van der Waals surface area contributed by atoms with E-state index in [4.69, 9.17) is 0 Å². The van der Waals surface area contributed by atoms with Crippen LogP contribution >= 0.6 is 0 Å². The molecular formula is C14H19N3O.